The fourth-order valence-electron chi connectivity index (χ4n) is 2.62. The molecule has 0 aliphatic heterocycles. The number of pyridine rings is 1. The molecular weight excluding hydrogens is 311 g/mol. The van der Waals surface area contributed by atoms with E-state index in [1.807, 2.05) is 0 Å². The Labute approximate surface area is 132 Å². The van der Waals surface area contributed by atoms with E-state index in [0.717, 1.165) is 25.7 Å². The summed E-state index contributed by atoms with van der Waals surface area (Å²) in [5.74, 6) is -0.545. The first-order valence-corrected chi connectivity index (χ1v) is 7.62. The molecule has 1 aliphatic rings. The molecule has 8 heteroatoms. The van der Waals surface area contributed by atoms with Crippen molar-refractivity contribution in [3.8, 4) is 5.88 Å². The maximum atomic E-state index is 12.2. The molecule has 1 aromatic heterocycles. The van der Waals surface area contributed by atoms with Gasteiger partial charge < -0.3 is 15.4 Å². The van der Waals surface area contributed by atoms with Gasteiger partial charge in [-0.25, -0.2) is 9.78 Å². The molecule has 1 unspecified atom stereocenters. The Morgan fingerprint density at radius 1 is 1.35 bits per heavy atom. The van der Waals surface area contributed by atoms with Crippen molar-refractivity contribution < 1.29 is 22.7 Å². The molecule has 128 valence electrons. The highest BCUT2D eigenvalue weighted by Crippen LogP contribution is 2.23. The van der Waals surface area contributed by atoms with Gasteiger partial charge in [-0.15, -0.1) is 13.2 Å². The molecule has 1 heterocycles. The van der Waals surface area contributed by atoms with Crippen LogP contribution in [0.3, 0.4) is 0 Å². The van der Waals surface area contributed by atoms with Crippen LogP contribution in [0.5, 0.6) is 5.88 Å². The number of aromatic nitrogens is 1. The Bertz CT molecular complexity index is 531. The highest BCUT2D eigenvalue weighted by Gasteiger charge is 2.32. The Balaban J connectivity index is 1.90. The number of carbonyl (C=O) groups is 1. The highest BCUT2D eigenvalue weighted by atomic mass is 19.4. The summed E-state index contributed by atoms with van der Waals surface area (Å²) in [4.78, 5) is 15.5. The van der Waals surface area contributed by atoms with Crippen molar-refractivity contribution in [3.63, 3.8) is 0 Å². The molecule has 0 aromatic carbocycles. The summed E-state index contributed by atoms with van der Waals surface area (Å²) in [7, 11) is 0. The monoisotopic (exact) mass is 331 g/mol. The number of nitrogens with zero attached hydrogens (tertiary/aromatic N) is 1. The van der Waals surface area contributed by atoms with E-state index in [0.29, 0.717) is 5.56 Å². The molecule has 0 radical (unpaired) electrons. The molecule has 0 saturated heterocycles. The molecule has 0 bridgehead atoms. The minimum atomic E-state index is -4.79. The third-order valence-electron chi connectivity index (χ3n) is 3.77. The standard InChI is InChI=1S/C15H20F3N3O2/c1-10(20-14(22)21-12-5-3-2-4-6-12)11-7-8-19-13(9-11)23-15(16,17)18/h7-10,12H,2-6H2,1H3,(H2,20,21,22). The number of halogens is 3. The number of ether oxygens (including phenoxy) is 1. The van der Waals surface area contributed by atoms with Crippen molar-refractivity contribution in [3.05, 3.63) is 23.9 Å². The van der Waals surface area contributed by atoms with E-state index >= 15 is 0 Å². The van der Waals surface area contributed by atoms with E-state index < -0.39 is 18.3 Å². The lowest BCUT2D eigenvalue weighted by atomic mass is 9.96. The zero-order valence-corrected chi connectivity index (χ0v) is 12.8. The van der Waals surface area contributed by atoms with Crippen molar-refractivity contribution in [2.75, 3.05) is 0 Å². The van der Waals surface area contributed by atoms with Gasteiger partial charge in [0.1, 0.15) is 0 Å². The summed E-state index contributed by atoms with van der Waals surface area (Å²) >= 11 is 0. The molecule has 1 atom stereocenters. The maximum absolute atomic E-state index is 12.2. The van der Waals surface area contributed by atoms with Gasteiger partial charge in [0.25, 0.3) is 0 Å². The molecule has 2 N–H and O–H groups in total. The number of hydrogen-bond donors (Lipinski definition) is 2. The minimum absolute atomic E-state index is 0.164. The Kier molecular flexibility index (Phi) is 5.68. The number of nitrogens with one attached hydrogen (secondary N) is 2. The van der Waals surface area contributed by atoms with Gasteiger partial charge in [0.05, 0.1) is 6.04 Å². The van der Waals surface area contributed by atoms with Crippen LogP contribution in [0.4, 0.5) is 18.0 Å². The van der Waals surface area contributed by atoms with E-state index in [-0.39, 0.29) is 12.1 Å². The average molecular weight is 331 g/mol. The van der Waals surface area contributed by atoms with Crippen LogP contribution < -0.4 is 15.4 Å². The van der Waals surface area contributed by atoms with Crippen LogP contribution in [0, 0.1) is 0 Å². The fourth-order valence-corrected chi connectivity index (χ4v) is 2.62. The van der Waals surface area contributed by atoms with Crippen LogP contribution in [0.25, 0.3) is 0 Å². The van der Waals surface area contributed by atoms with Crippen LogP contribution >= 0.6 is 0 Å². The third-order valence-corrected chi connectivity index (χ3v) is 3.77. The van der Waals surface area contributed by atoms with E-state index in [9.17, 15) is 18.0 Å². The van der Waals surface area contributed by atoms with Gasteiger partial charge in [-0.2, -0.15) is 0 Å². The first-order chi connectivity index (χ1) is 10.8. The van der Waals surface area contributed by atoms with Crippen molar-refractivity contribution in [1.29, 1.82) is 0 Å². The van der Waals surface area contributed by atoms with Crippen LogP contribution in [-0.4, -0.2) is 23.4 Å². The molecule has 2 amide bonds. The largest absolute Gasteiger partial charge is 0.574 e. The second-order valence-electron chi connectivity index (χ2n) is 5.65. The number of amides is 2. The number of urea groups is 1. The van der Waals surface area contributed by atoms with E-state index in [2.05, 4.69) is 20.4 Å². The van der Waals surface area contributed by atoms with Crippen molar-refractivity contribution >= 4 is 6.03 Å². The molecule has 5 nitrogen and oxygen atoms in total. The summed E-state index contributed by atoms with van der Waals surface area (Å²) < 4.78 is 40.4. The molecular formula is C15H20F3N3O2. The van der Waals surface area contributed by atoms with Crippen LogP contribution in [0.2, 0.25) is 0 Å². The highest BCUT2D eigenvalue weighted by molar-refractivity contribution is 5.74. The second-order valence-corrected chi connectivity index (χ2v) is 5.65. The maximum Gasteiger partial charge on any atom is 0.574 e. The topological polar surface area (TPSA) is 63.2 Å². The SMILES string of the molecule is CC(NC(=O)NC1CCCCC1)c1ccnc(OC(F)(F)F)c1. The minimum Gasteiger partial charge on any atom is -0.388 e. The Morgan fingerprint density at radius 2 is 2.04 bits per heavy atom. The molecule has 1 aliphatic carbocycles. The van der Waals surface area contributed by atoms with Gasteiger partial charge in [-0.1, -0.05) is 19.3 Å². The van der Waals surface area contributed by atoms with Crippen molar-refractivity contribution in [1.82, 2.24) is 15.6 Å². The molecule has 2 rings (SSSR count). The first kappa shape index (κ1) is 17.4. The number of hydrogen-bond acceptors (Lipinski definition) is 3. The number of alkyl halides is 3. The van der Waals surface area contributed by atoms with Gasteiger partial charge in [0.15, 0.2) is 0 Å². The lowest BCUT2D eigenvalue weighted by Crippen LogP contribution is -2.43. The number of rotatable bonds is 4. The zero-order valence-electron chi connectivity index (χ0n) is 12.8. The summed E-state index contributed by atoms with van der Waals surface area (Å²) in [6, 6.07) is 2.09. The predicted molar refractivity (Wildman–Crippen MR) is 77.9 cm³/mol. The molecule has 1 saturated carbocycles. The van der Waals surface area contributed by atoms with Crippen LogP contribution in [-0.2, 0) is 0 Å². The van der Waals surface area contributed by atoms with E-state index in [4.69, 9.17) is 0 Å². The zero-order chi connectivity index (χ0) is 16.9. The van der Waals surface area contributed by atoms with Gasteiger partial charge in [0.2, 0.25) is 5.88 Å². The molecule has 1 aromatic rings. The second kappa shape index (κ2) is 7.52. The predicted octanol–water partition coefficient (Wildman–Crippen LogP) is 3.67. The summed E-state index contributed by atoms with van der Waals surface area (Å²) in [5, 5.41) is 5.61. The van der Waals surface area contributed by atoms with Crippen molar-refractivity contribution in [2.24, 2.45) is 0 Å². The molecule has 1 fully saturated rings. The third kappa shape index (κ3) is 5.96. The smallest absolute Gasteiger partial charge is 0.388 e. The van der Waals surface area contributed by atoms with E-state index in [1.54, 1.807) is 6.92 Å². The average Bonchev–Trinajstić information content (AvgIpc) is 2.46. The van der Waals surface area contributed by atoms with Crippen molar-refractivity contribution in [2.45, 2.75) is 57.5 Å². The lowest BCUT2D eigenvalue weighted by molar-refractivity contribution is -0.276. The molecule has 0 spiro atoms. The number of carbonyl (C=O) groups excluding carboxylic acids is 1. The molecule has 23 heavy (non-hydrogen) atoms. The Hall–Kier alpha value is -1.99. The fraction of sp³-hybridized carbons (Fsp3) is 0.600. The quantitative estimate of drug-likeness (QED) is 0.885. The summed E-state index contributed by atoms with van der Waals surface area (Å²) in [6.45, 7) is 1.69. The van der Waals surface area contributed by atoms with Gasteiger partial charge >= 0.3 is 12.4 Å². The van der Waals surface area contributed by atoms with Gasteiger partial charge in [-0.05, 0) is 31.4 Å². The first-order valence-electron chi connectivity index (χ1n) is 7.62. The summed E-state index contributed by atoms with van der Waals surface area (Å²) in [5.41, 5.74) is 0.484. The van der Waals surface area contributed by atoms with Crippen LogP contribution in [0.1, 0.15) is 50.6 Å². The lowest BCUT2D eigenvalue weighted by Gasteiger charge is -2.24. The summed E-state index contributed by atoms with van der Waals surface area (Å²) in [6.07, 6.45) is 1.73. The van der Waals surface area contributed by atoms with E-state index in [1.165, 1.54) is 24.8 Å². The van der Waals surface area contributed by atoms with Gasteiger partial charge in [0, 0.05) is 18.3 Å². The Morgan fingerprint density at radius 3 is 2.70 bits per heavy atom. The normalized spacial score (nSPS) is 17.4. The van der Waals surface area contributed by atoms with Crippen LogP contribution in [0.15, 0.2) is 18.3 Å². The van der Waals surface area contributed by atoms with Gasteiger partial charge in [-0.3, -0.25) is 0 Å².